The Morgan fingerprint density at radius 2 is 1.50 bits per heavy atom. The zero-order chi connectivity index (χ0) is 14.7. The molecule has 0 aromatic rings. The number of rotatable bonds is 6. The summed E-state index contributed by atoms with van der Waals surface area (Å²) in [5, 5.41) is 0. The van der Waals surface area contributed by atoms with Crippen molar-refractivity contribution in [1.29, 1.82) is 0 Å². The summed E-state index contributed by atoms with van der Waals surface area (Å²) in [5.41, 5.74) is 4.90. The number of sulfonamides is 2. The van der Waals surface area contributed by atoms with Crippen molar-refractivity contribution in [3.05, 3.63) is 11.3 Å². The maximum atomic E-state index is 11.6. The second-order valence-electron chi connectivity index (χ2n) is 3.91. The van der Waals surface area contributed by atoms with E-state index in [2.05, 4.69) is 0 Å². The summed E-state index contributed by atoms with van der Waals surface area (Å²) in [6.07, 6.45) is 2.12. The number of nitrogens with two attached hydrogens (primary N) is 1. The quantitative estimate of drug-likeness (QED) is 0.680. The smallest absolute Gasteiger partial charge is 0.246 e. The van der Waals surface area contributed by atoms with Crippen LogP contribution in [-0.4, -0.2) is 39.0 Å². The molecule has 0 saturated heterocycles. The maximum absolute atomic E-state index is 11.6. The van der Waals surface area contributed by atoms with Crippen LogP contribution in [0.3, 0.4) is 0 Å². The van der Waals surface area contributed by atoms with E-state index in [1.807, 2.05) is 0 Å². The fraction of sp³-hybridized carbons (Fsp3) is 0.667. The largest absolute Gasteiger partial charge is 0.366 e. The van der Waals surface area contributed by atoms with Gasteiger partial charge in [0.25, 0.3) is 0 Å². The standard InChI is InChI=1S/C9H18N2O5S2/c1-5-6-8(7(2)9(10)12)11(17(3,13)14)18(4,15)16/h5-6H2,1-4H3,(H2,10,12)/b8-7+. The van der Waals surface area contributed by atoms with Crippen LogP contribution in [0.4, 0.5) is 0 Å². The number of nitrogens with zero attached hydrogens (tertiary/aromatic N) is 1. The lowest BCUT2D eigenvalue weighted by Gasteiger charge is -2.24. The molecule has 18 heavy (non-hydrogen) atoms. The van der Waals surface area contributed by atoms with Crippen LogP contribution in [0.5, 0.6) is 0 Å². The molecule has 0 aliphatic rings. The number of carbonyl (C=O) groups is 1. The first-order valence-corrected chi connectivity index (χ1v) is 8.82. The third kappa shape index (κ3) is 4.30. The Kier molecular flexibility index (Phi) is 5.35. The van der Waals surface area contributed by atoms with Gasteiger partial charge in [-0.1, -0.05) is 13.3 Å². The van der Waals surface area contributed by atoms with Crippen molar-refractivity contribution in [3.8, 4) is 0 Å². The van der Waals surface area contributed by atoms with E-state index in [4.69, 9.17) is 5.73 Å². The van der Waals surface area contributed by atoms with Crippen LogP contribution in [0.15, 0.2) is 11.3 Å². The molecule has 1 amide bonds. The normalized spacial score (nSPS) is 14.0. The first-order chi connectivity index (χ1) is 7.92. The summed E-state index contributed by atoms with van der Waals surface area (Å²) in [5.74, 6) is -0.851. The Balaban J connectivity index is 6.18. The molecule has 0 bridgehead atoms. The Labute approximate surface area is 108 Å². The molecule has 7 nitrogen and oxygen atoms in total. The number of primary amides is 1. The Hall–Kier alpha value is -1.09. The Morgan fingerprint density at radius 3 is 1.72 bits per heavy atom. The van der Waals surface area contributed by atoms with Gasteiger partial charge in [-0.3, -0.25) is 4.79 Å². The van der Waals surface area contributed by atoms with Crippen LogP contribution in [0.1, 0.15) is 26.7 Å². The Bertz CT molecular complexity index is 528. The zero-order valence-corrected chi connectivity index (χ0v) is 12.4. The fourth-order valence-corrected chi connectivity index (χ4v) is 4.67. The number of amides is 1. The van der Waals surface area contributed by atoms with Gasteiger partial charge in [0, 0.05) is 5.57 Å². The third-order valence-electron chi connectivity index (χ3n) is 2.11. The molecule has 106 valence electrons. The number of hydrogen-bond donors (Lipinski definition) is 1. The molecule has 0 aliphatic carbocycles. The van der Waals surface area contributed by atoms with Crippen molar-refractivity contribution in [1.82, 2.24) is 3.71 Å². The monoisotopic (exact) mass is 298 g/mol. The van der Waals surface area contributed by atoms with Gasteiger partial charge in [0.05, 0.1) is 18.2 Å². The molecule has 0 fully saturated rings. The van der Waals surface area contributed by atoms with Crippen LogP contribution < -0.4 is 5.73 Å². The van der Waals surface area contributed by atoms with Crippen LogP contribution >= 0.6 is 0 Å². The topological polar surface area (TPSA) is 115 Å². The highest BCUT2D eigenvalue weighted by Gasteiger charge is 2.30. The molecule has 9 heteroatoms. The predicted octanol–water partition coefficient (Wildman–Crippen LogP) is -0.233. The van der Waals surface area contributed by atoms with E-state index in [9.17, 15) is 21.6 Å². The SMILES string of the molecule is CCC/C(=C(/C)C(N)=O)N(S(C)(=O)=O)S(C)(=O)=O. The molecule has 2 N–H and O–H groups in total. The molecule has 0 radical (unpaired) electrons. The van der Waals surface area contributed by atoms with Gasteiger partial charge in [-0.15, -0.1) is 0 Å². The van der Waals surface area contributed by atoms with Gasteiger partial charge < -0.3 is 5.73 Å². The second kappa shape index (κ2) is 5.70. The van der Waals surface area contributed by atoms with E-state index < -0.39 is 26.0 Å². The lowest BCUT2D eigenvalue weighted by Crippen LogP contribution is -2.36. The molecule has 0 aliphatic heterocycles. The molecule has 0 spiro atoms. The minimum Gasteiger partial charge on any atom is -0.366 e. The minimum absolute atomic E-state index is 0.0762. The minimum atomic E-state index is -4.04. The number of hydrogen-bond acceptors (Lipinski definition) is 5. The van der Waals surface area contributed by atoms with Crippen molar-refractivity contribution in [2.45, 2.75) is 26.7 Å². The molecule has 0 atom stereocenters. The first kappa shape index (κ1) is 16.9. The van der Waals surface area contributed by atoms with Gasteiger partial charge in [0.15, 0.2) is 0 Å². The van der Waals surface area contributed by atoms with Crippen LogP contribution in [-0.2, 0) is 24.8 Å². The lowest BCUT2D eigenvalue weighted by atomic mass is 10.1. The van der Waals surface area contributed by atoms with E-state index in [1.165, 1.54) is 6.92 Å². The highest BCUT2D eigenvalue weighted by atomic mass is 32.3. The van der Waals surface area contributed by atoms with E-state index >= 15 is 0 Å². The average Bonchev–Trinajstić information content (AvgIpc) is 2.11. The maximum Gasteiger partial charge on any atom is 0.246 e. The first-order valence-electron chi connectivity index (χ1n) is 5.13. The van der Waals surface area contributed by atoms with E-state index in [-0.39, 0.29) is 21.4 Å². The summed E-state index contributed by atoms with van der Waals surface area (Å²) < 4.78 is 46.6. The Morgan fingerprint density at radius 1 is 1.11 bits per heavy atom. The highest BCUT2D eigenvalue weighted by Crippen LogP contribution is 2.22. The van der Waals surface area contributed by atoms with Crippen molar-refractivity contribution in [2.24, 2.45) is 5.73 Å². The number of carbonyl (C=O) groups excluding carboxylic acids is 1. The molecule has 0 rings (SSSR count). The van der Waals surface area contributed by atoms with Crippen LogP contribution in [0.2, 0.25) is 0 Å². The number of allylic oxidation sites excluding steroid dienone is 1. The van der Waals surface area contributed by atoms with E-state index in [0.717, 1.165) is 12.5 Å². The van der Waals surface area contributed by atoms with Crippen molar-refractivity contribution in [2.75, 3.05) is 12.5 Å². The van der Waals surface area contributed by atoms with E-state index in [1.54, 1.807) is 6.92 Å². The summed E-state index contributed by atoms with van der Waals surface area (Å²) in [7, 11) is -8.09. The van der Waals surface area contributed by atoms with Gasteiger partial charge in [-0.05, 0) is 13.3 Å². The van der Waals surface area contributed by atoms with Gasteiger partial charge >= 0.3 is 0 Å². The molecular formula is C9H18N2O5S2. The molecule has 0 heterocycles. The van der Waals surface area contributed by atoms with Gasteiger partial charge in [0.2, 0.25) is 26.0 Å². The van der Waals surface area contributed by atoms with E-state index in [0.29, 0.717) is 6.42 Å². The van der Waals surface area contributed by atoms with Crippen molar-refractivity contribution < 1.29 is 21.6 Å². The second-order valence-corrected chi connectivity index (χ2v) is 7.80. The third-order valence-corrected chi connectivity index (χ3v) is 5.38. The van der Waals surface area contributed by atoms with Crippen LogP contribution in [0, 0.1) is 0 Å². The van der Waals surface area contributed by atoms with Crippen molar-refractivity contribution in [3.63, 3.8) is 0 Å². The average molecular weight is 298 g/mol. The summed E-state index contributed by atoms with van der Waals surface area (Å²) in [4.78, 5) is 11.1. The predicted molar refractivity (Wildman–Crippen MR) is 68.3 cm³/mol. The van der Waals surface area contributed by atoms with Gasteiger partial charge in [-0.2, -0.15) is 3.71 Å². The van der Waals surface area contributed by atoms with Gasteiger partial charge in [-0.25, -0.2) is 16.8 Å². The molecule has 0 unspecified atom stereocenters. The summed E-state index contributed by atoms with van der Waals surface area (Å²) in [6.45, 7) is 3.04. The summed E-state index contributed by atoms with van der Waals surface area (Å²) in [6, 6.07) is 0. The molecule has 0 aromatic heterocycles. The molecule has 0 saturated carbocycles. The summed E-state index contributed by atoms with van der Waals surface area (Å²) >= 11 is 0. The zero-order valence-electron chi connectivity index (χ0n) is 10.8. The molecule has 0 aromatic carbocycles. The van der Waals surface area contributed by atoms with Crippen LogP contribution in [0.25, 0.3) is 0 Å². The lowest BCUT2D eigenvalue weighted by molar-refractivity contribution is -0.114. The fourth-order valence-electron chi connectivity index (χ4n) is 1.44. The highest BCUT2D eigenvalue weighted by molar-refractivity contribution is 8.03. The molecular weight excluding hydrogens is 280 g/mol. The van der Waals surface area contributed by atoms with Crippen molar-refractivity contribution >= 4 is 26.0 Å². The van der Waals surface area contributed by atoms with Gasteiger partial charge in [0.1, 0.15) is 0 Å².